The first-order valence-electron chi connectivity index (χ1n) is 7.29. The van der Waals surface area contributed by atoms with E-state index in [2.05, 4.69) is 27.7 Å². The van der Waals surface area contributed by atoms with Gasteiger partial charge >= 0.3 is 7.12 Å². The Morgan fingerprint density at radius 3 is 2.06 bits per heavy atom. The van der Waals surface area contributed by atoms with E-state index >= 15 is 0 Å². The van der Waals surface area contributed by atoms with Gasteiger partial charge in [0.15, 0.2) is 0 Å². The van der Waals surface area contributed by atoms with Crippen molar-refractivity contribution in [2.75, 3.05) is 5.88 Å². The predicted molar refractivity (Wildman–Crippen MR) is 79.2 cm³/mol. The van der Waals surface area contributed by atoms with E-state index in [1.807, 2.05) is 13.8 Å². The molecule has 2 rings (SSSR count). The Bertz CT molecular complexity index is 253. The fourth-order valence-electron chi connectivity index (χ4n) is 2.34. The fraction of sp³-hybridized carbons (Fsp3) is 1.00. The summed E-state index contributed by atoms with van der Waals surface area (Å²) in [6.07, 6.45) is 3.58. The summed E-state index contributed by atoms with van der Waals surface area (Å²) in [4.78, 5) is 0. The molecule has 2 nitrogen and oxygen atoms in total. The smallest absolute Gasteiger partial charge is 0.403 e. The Balaban J connectivity index is 0.000000771. The molecule has 2 atom stereocenters. The molecule has 0 aromatic rings. The highest BCUT2D eigenvalue weighted by molar-refractivity contribution is 6.48. The highest BCUT2D eigenvalue weighted by atomic mass is 35.5. The van der Waals surface area contributed by atoms with E-state index in [0.717, 1.165) is 18.2 Å². The zero-order chi connectivity index (χ0) is 14.0. The first-order chi connectivity index (χ1) is 8.37. The number of hydrogen-bond acceptors (Lipinski definition) is 2. The average molecular weight is 275 g/mol. The van der Waals surface area contributed by atoms with Crippen LogP contribution in [-0.2, 0) is 9.31 Å². The van der Waals surface area contributed by atoms with E-state index in [9.17, 15) is 0 Å². The minimum atomic E-state index is -0.183. The van der Waals surface area contributed by atoms with Crippen LogP contribution >= 0.6 is 11.6 Å². The maximum absolute atomic E-state index is 6.04. The maximum atomic E-state index is 6.04. The quantitative estimate of drug-likeness (QED) is 0.554. The van der Waals surface area contributed by atoms with Crippen LogP contribution in [0.15, 0.2) is 0 Å². The molecule has 0 spiro atoms. The third-order valence-corrected chi connectivity index (χ3v) is 4.57. The molecule has 18 heavy (non-hydrogen) atoms. The summed E-state index contributed by atoms with van der Waals surface area (Å²) in [5.41, 5.74) is -0.366. The summed E-state index contributed by atoms with van der Waals surface area (Å²) >= 11 is 5.71. The molecule has 0 radical (unpaired) electrons. The molecule has 1 aliphatic carbocycles. The molecular formula is C14H28BClO2. The number of alkyl halides is 1. The lowest BCUT2D eigenvalue weighted by Gasteiger charge is -2.32. The van der Waals surface area contributed by atoms with Gasteiger partial charge in [-0.15, -0.1) is 11.6 Å². The van der Waals surface area contributed by atoms with Crippen LogP contribution in [0.1, 0.15) is 60.8 Å². The highest BCUT2D eigenvalue weighted by Gasteiger charge is 2.59. The molecule has 0 bridgehead atoms. The second-order valence-electron chi connectivity index (χ2n) is 6.12. The van der Waals surface area contributed by atoms with Crippen molar-refractivity contribution in [1.29, 1.82) is 0 Å². The van der Waals surface area contributed by atoms with E-state index in [4.69, 9.17) is 20.9 Å². The van der Waals surface area contributed by atoms with Gasteiger partial charge < -0.3 is 9.31 Å². The minimum absolute atomic E-state index is 0.00493. The SMILES string of the molecule is CC.CC1(C)OB(C2CC2CCCCl)OC1(C)C. The summed E-state index contributed by atoms with van der Waals surface area (Å²) in [5.74, 6) is 2.14. The van der Waals surface area contributed by atoms with Gasteiger partial charge in [-0.25, -0.2) is 0 Å². The lowest BCUT2D eigenvalue weighted by atomic mass is 9.80. The van der Waals surface area contributed by atoms with Crippen LogP contribution in [0.5, 0.6) is 0 Å². The standard InChI is InChI=1S/C12H22BClO2.C2H6/c1-11(2)12(3,4)16-13(15-11)10-8-9(10)6-5-7-14;1-2/h9-10H,5-8H2,1-4H3;1-2H3. The van der Waals surface area contributed by atoms with Crippen molar-refractivity contribution in [3.63, 3.8) is 0 Å². The van der Waals surface area contributed by atoms with Crippen LogP contribution in [0.25, 0.3) is 0 Å². The van der Waals surface area contributed by atoms with Crippen molar-refractivity contribution in [3.05, 3.63) is 0 Å². The molecular weight excluding hydrogens is 246 g/mol. The van der Waals surface area contributed by atoms with Crippen molar-refractivity contribution < 1.29 is 9.31 Å². The normalized spacial score (nSPS) is 31.8. The van der Waals surface area contributed by atoms with Gasteiger partial charge in [0, 0.05) is 5.88 Å². The van der Waals surface area contributed by atoms with Gasteiger partial charge in [-0.1, -0.05) is 13.8 Å². The molecule has 1 aliphatic heterocycles. The van der Waals surface area contributed by atoms with Crippen molar-refractivity contribution in [1.82, 2.24) is 0 Å². The van der Waals surface area contributed by atoms with Crippen LogP contribution in [0, 0.1) is 5.92 Å². The van der Waals surface area contributed by atoms with E-state index in [0.29, 0.717) is 5.82 Å². The zero-order valence-electron chi connectivity index (χ0n) is 12.8. The van der Waals surface area contributed by atoms with E-state index < -0.39 is 0 Å². The summed E-state index contributed by atoms with van der Waals surface area (Å²) in [7, 11) is 0.00493. The van der Waals surface area contributed by atoms with Gasteiger partial charge in [0.1, 0.15) is 0 Å². The Morgan fingerprint density at radius 1 is 1.11 bits per heavy atom. The summed E-state index contributed by atoms with van der Waals surface area (Å²) in [5, 5.41) is 0. The third kappa shape index (κ3) is 3.43. The summed E-state index contributed by atoms with van der Waals surface area (Å²) in [6.45, 7) is 12.5. The largest absolute Gasteiger partial charge is 0.461 e. The van der Waals surface area contributed by atoms with Gasteiger partial charge in [-0.3, -0.25) is 0 Å². The molecule has 1 heterocycles. The average Bonchev–Trinajstić information content (AvgIpc) is 3.02. The second-order valence-corrected chi connectivity index (χ2v) is 6.49. The Morgan fingerprint density at radius 2 is 1.61 bits per heavy atom. The molecule has 0 aromatic heterocycles. The minimum Gasteiger partial charge on any atom is -0.403 e. The molecule has 2 aliphatic rings. The number of halogens is 1. The number of rotatable bonds is 4. The predicted octanol–water partition coefficient (Wildman–Crippen LogP) is 4.51. The van der Waals surface area contributed by atoms with Crippen LogP contribution in [0.2, 0.25) is 5.82 Å². The zero-order valence-corrected chi connectivity index (χ0v) is 13.5. The van der Waals surface area contributed by atoms with Gasteiger partial charge in [-0.05, 0) is 58.7 Å². The molecule has 1 saturated heterocycles. The molecule has 106 valence electrons. The van der Waals surface area contributed by atoms with Gasteiger partial charge in [0.25, 0.3) is 0 Å². The van der Waals surface area contributed by atoms with Crippen LogP contribution in [-0.4, -0.2) is 24.2 Å². The van der Waals surface area contributed by atoms with Crippen molar-refractivity contribution in [2.24, 2.45) is 5.92 Å². The van der Waals surface area contributed by atoms with E-state index in [1.54, 1.807) is 0 Å². The molecule has 4 heteroatoms. The van der Waals surface area contributed by atoms with Gasteiger partial charge in [-0.2, -0.15) is 0 Å². The first kappa shape index (κ1) is 16.3. The van der Waals surface area contributed by atoms with E-state index in [-0.39, 0.29) is 18.3 Å². The highest BCUT2D eigenvalue weighted by Crippen LogP contribution is 2.54. The second kappa shape index (κ2) is 6.15. The molecule has 2 unspecified atom stereocenters. The maximum Gasteiger partial charge on any atom is 0.461 e. The fourth-order valence-corrected chi connectivity index (χ4v) is 2.49. The lowest BCUT2D eigenvalue weighted by molar-refractivity contribution is 0.00578. The van der Waals surface area contributed by atoms with Crippen LogP contribution in [0.3, 0.4) is 0 Å². The molecule has 0 N–H and O–H groups in total. The topological polar surface area (TPSA) is 18.5 Å². The third-order valence-electron chi connectivity index (χ3n) is 4.31. The lowest BCUT2D eigenvalue weighted by Crippen LogP contribution is -2.41. The van der Waals surface area contributed by atoms with Crippen molar-refractivity contribution in [2.45, 2.75) is 77.8 Å². The van der Waals surface area contributed by atoms with Gasteiger partial charge in [0.2, 0.25) is 0 Å². The Kier molecular flexibility index (Phi) is 5.58. The van der Waals surface area contributed by atoms with Crippen molar-refractivity contribution in [3.8, 4) is 0 Å². The summed E-state index contributed by atoms with van der Waals surface area (Å²) in [6, 6.07) is 0. The monoisotopic (exact) mass is 274 g/mol. The molecule has 0 aromatic carbocycles. The Labute approximate surface area is 118 Å². The number of hydrogen-bond donors (Lipinski definition) is 0. The van der Waals surface area contributed by atoms with E-state index in [1.165, 1.54) is 12.8 Å². The van der Waals surface area contributed by atoms with Gasteiger partial charge in [0.05, 0.1) is 11.2 Å². The molecule has 1 saturated carbocycles. The Hall–Kier alpha value is 0.275. The molecule has 2 fully saturated rings. The van der Waals surface area contributed by atoms with Crippen LogP contribution in [0.4, 0.5) is 0 Å². The van der Waals surface area contributed by atoms with Crippen molar-refractivity contribution >= 4 is 18.7 Å². The summed E-state index contributed by atoms with van der Waals surface area (Å²) < 4.78 is 12.1. The van der Waals surface area contributed by atoms with Crippen LogP contribution < -0.4 is 0 Å². The first-order valence-corrected chi connectivity index (χ1v) is 7.82. The molecule has 0 amide bonds.